The highest BCUT2D eigenvalue weighted by Crippen LogP contribution is 2.37. The maximum absolute atomic E-state index is 5.83. The molecule has 2 aromatic rings. The van der Waals surface area contributed by atoms with Gasteiger partial charge in [0, 0.05) is 11.1 Å². The van der Waals surface area contributed by atoms with E-state index in [-0.39, 0.29) is 6.23 Å². The van der Waals surface area contributed by atoms with E-state index in [9.17, 15) is 0 Å². The van der Waals surface area contributed by atoms with Crippen molar-refractivity contribution in [3.63, 3.8) is 0 Å². The van der Waals surface area contributed by atoms with Crippen LogP contribution in [-0.2, 0) is 0 Å². The fourth-order valence-corrected chi connectivity index (χ4v) is 2.12. The van der Waals surface area contributed by atoms with Crippen LogP contribution in [0.15, 0.2) is 48.5 Å². The van der Waals surface area contributed by atoms with E-state index in [4.69, 9.17) is 22.7 Å². The van der Waals surface area contributed by atoms with Crippen LogP contribution < -0.4 is 15.8 Å². The summed E-state index contributed by atoms with van der Waals surface area (Å²) >= 11 is 4.98. The van der Waals surface area contributed by atoms with Crippen LogP contribution in [0.5, 0.6) is 5.75 Å². The van der Waals surface area contributed by atoms with Gasteiger partial charge in [-0.15, -0.1) is 0 Å². The number of thiocarbonyl (C=S) groups is 1. The summed E-state index contributed by atoms with van der Waals surface area (Å²) < 4.78 is 5.83. The zero-order valence-electron chi connectivity index (χ0n) is 9.59. The van der Waals surface area contributed by atoms with Gasteiger partial charge in [-0.05, 0) is 18.2 Å². The zero-order valence-corrected chi connectivity index (χ0v) is 10.4. The standard InChI is InChI=1S/C14H12N2OS/c15-13(18)9-4-3-5-10(8-9)14-16-11-6-1-2-7-12(11)17-14/h1-8,14,16H,(H2,15,18)/t14-/m0/s1. The van der Waals surface area contributed by atoms with Gasteiger partial charge in [0.15, 0.2) is 6.23 Å². The van der Waals surface area contributed by atoms with Gasteiger partial charge in [-0.1, -0.05) is 42.5 Å². The summed E-state index contributed by atoms with van der Waals surface area (Å²) in [5, 5.41) is 3.31. The first-order valence-electron chi connectivity index (χ1n) is 5.66. The number of rotatable bonds is 2. The van der Waals surface area contributed by atoms with Gasteiger partial charge < -0.3 is 15.8 Å². The first-order valence-corrected chi connectivity index (χ1v) is 6.07. The van der Waals surface area contributed by atoms with Crippen LogP contribution in [0.4, 0.5) is 5.69 Å². The van der Waals surface area contributed by atoms with Crippen LogP contribution >= 0.6 is 12.2 Å². The predicted molar refractivity (Wildman–Crippen MR) is 75.8 cm³/mol. The molecule has 0 amide bonds. The first-order chi connectivity index (χ1) is 8.74. The normalized spacial score (nSPS) is 16.6. The number of fused-ring (bicyclic) bond motifs is 1. The lowest BCUT2D eigenvalue weighted by atomic mass is 10.1. The topological polar surface area (TPSA) is 47.3 Å². The van der Waals surface area contributed by atoms with E-state index in [1.807, 2.05) is 48.5 Å². The van der Waals surface area contributed by atoms with Gasteiger partial charge >= 0.3 is 0 Å². The van der Waals surface area contributed by atoms with Crippen molar-refractivity contribution in [2.24, 2.45) is 5.73 Å². The Balaban J connectivity index is 1.90. The Bertz CT molecular complexity index is 587. The van der Waals surface area contributed by atoms with Crippen LogP contribution in [0.25, 0.3) is 0 Å². The Morgan fingerprint density at radius 2 is 2.00 bits per heavy atom. The van der Waals surface area contributed by atoms with Crippen molar-refractivity contribution in [1.29, 1.82) is 0 Å². The predicted octanol–water partition coefficient (Wildman–Crippen LogP) is 2.82. The summed E-state index contributed by atoms with van der Waals surface area (Å²) in [6, 6.07) is 15.6. The molecule has 1 aliphatic rings. The van der Waals surface area contributed by atoms with Gasteiger partial charge in [0.2, 0.25) is 0 Å². The highest BCUT2D eigenvalue weighted by atomic mass is 32.1. The Kier molecular flexibility index (Phi) is 2.64. The molecule has 3 N–H and O–H groups in total. The average molecular weight is 256 g/mol. The van der Waals surface area contributed by atoms with Crippen molar-refractivity contribution in [2.75, 3.05) is 5.32 Å². The average Bonchev–Trinajstić information content (AvgIpc) is 2.82. The molecule has 0 spiro atoms. The summed E-state index contributed by atoms with van der Waals surface area (Å²) in [6.07, 6.45) is -0.184. The number of ether oxygens (including phenoxy) is 1. The molecule has 1 atom stereocenters. The Hall–Kier alpha value is -2.07. The van der Waals surface area contributed by atoms with E-state index in [0.717, 1.165) is 22.6 Å². The molecule has 0 unspecified atom stereocenters. The number of anilines is 1. The van der Waals surface area contributed by atoms with Crippen LogP contribution in [0, 0.1) is 0 Å². The number of para-hydroxylation sites is 2. The number of hydrogen-bond donors (Lipinski definition) is 2. The molecule has 2 aromatic carbocycles. The Labute approximate surface area is 111 Å². The van der Waals surface area contributed by atoms with E-state index in [1.54, 1.807) is 0 Å². The van der Waals surface area contributed by atoms with E-state index in [1.165, 1.54) is 0 Å². The summed E-state index contributed by atoms with van der Waals surface area (Å²) in [6.45, 7) is 0. The molecule has 0 bridgehead atoms. The van der Waals surface area contributed by atoms with Gasteiger partial charge in [0.05, 0.1) is 5.69 Å². The van der Waals surface area contributed by atoms with Gasteiger partial charge in [-0.2, -0.15) is 0 Å². The van der Waals surface area contributed by atoms with Crippen LogP contribution in [0.2, 0.25) is 0 Å². The molecule has 18 heavy (non-hydrogen) atoms. The third kappa shape index (κ3) is 1.91. The molecule has 0 radical (unpaired) electrons. The molecule has 1 aliphatic heterocycles. The van der Waals surface area contributed by atoms with E-state index >= 15 is 0 Å². The minimum absolute atomic E-state index is 0.184. The molecular formula is C14H12N2OS. The molecular weight excluding hydrogens is 244 g/mol. The lowest BCUT2D eigenvalue weighted by Crippen LogP contribution is -2.13. The van der Waals surface area contributed by atoms with Gasteiger partial charge in [-0.3, -0.25) is 0 Å². The second-order valence-electron chi connectivity index (χ2n) is 4.13. The van der Waals surface area contributed by atoms with E-state index in [2.05, 4.69) is 5.32 Å². The van der Waals surface area contributed by atoms with Crippen molar-refractivity contribution in [3.05, 3.63) is 59.7 Å². The Morgan fingerprint density at radius 1 is 1.17 bits per heavy atom. The van der Waals surface area contributed by atoms with E-state index < -0.39 is 0 Å². The summed E-state index contributed by atoms with van der Waals surface area (Å²) in [7, 11) is 0. The summed E-state index contributed by atoms with van der Waals surface area (Å²) in [5.74, 6) is 0.864. The van der Waals surface area contributed by atoms with Gasteiger partial charge in [0.25, 0.3) is 0 Å². The SMILES string of the molecule is NC(=S)c1cccc([C@H]2Nc3ccccc3O2)c1. The van der Waals surface area contributed by atoms with Crippen LogP contribution in [-0.4, -0.2) is 4.99 Å². The first kappa shape index (κ1) is 11.0. The maximum atomic E-state index is 5.83. The minimum atomic E-state index is -0.184. The van der Waals surface area contributed by atoms with Crippen molar-refractivity contribution >= 4 is 22.9 Å². The Morgan fingerprint density at radius 3 is 2.78 bits per heavy atom. The lowest BCUT2D eigenvalue weighted by molar-refractivity contribution is 0.260. The summed E-state index contributed by atoms with van der Waals surface area (Å²) in [5.41, 5.74) is 8.50. The second-order valence-corrected chi connectivity index (χ2v) is 4.57. The second kappa shape index (κ2) is 4.31. The quantitative estimate of drug-likeness (QED) is 0.811. The van der Waals surface area contributed by atoms with Gasteiger partial charge in [-0.25, -0.2) is 0 Å². The smallest absolute Gasteiger partial charge is 0.196 e. The van der Waals surface area contributed by atoms with Crippen LogP contribution in [0.3, 0.4) is 0 Å². The third-order valence-corrected chi connectivity index (χ3v) is 3.13. The molecule has 90 valence electrons. The molecule has 1 heterocycles. The molecule has 3 nitrogen and oxygen atoms in total. The summed E-state index contributed by atoms with van der Waals surface area (Å²) in [4.78, 5) is 0.396. The fraction of sp³-hybridized carbons (Fsp3) is 0.0714. The molecule has 0 saturated carbocycles. The highest BCUT2D eigenvalue weighted by Gasteiger charge is 2.22. The minimum Gasteiger partial charge on any atom is -0.464 e. The zero-order chi connectivity index (χ0) is 12.5. The molecule has 0 saturated heterocycles. The number of hydrogen-bond acceptors (Lipinski definition) is 3. The maximum Gasteiger partial charge on any atom is 0.196 e. The third-order valence-electron chi connectivity index (χ3n) is 2.89. The van der Waals surface area contributed by atoms with Crippen molar-refractivity contribution in [1.82, 2.24) is 0 Å². The molecule has 4 heteroatoms. The molecule has 0 fully saturated rings. The van der Waals surface area contributed by atoms with Crippen LogP contribution in [0.1, 0.15) is 17.4 Å². The largest absolute Gasteiger partial charge is 0.464 e. The van der Waals surface area contributed by atoms with Crippen molar-refractivity contribution in [2.45, 2.75) is 6.23 Å². The number of benzene rings is 2. The number of nitrogens with one attached hydrogen (secondary N) is 1. The highest BCUT2D eigenvalue weighted by molar-refractivity contribution is 7.80. The fourth-order valence-electron chi connectivity index (χ4n) is 1.99. The van der Waals surface area contributed by atoms with Crippen molar-refractivity contribution in [3.8, 4) is 5.75 Å². The van der Waals surface area contributed by atoms with Crippen molar-refractivity contribution < 1.29 is 4.74 Å². The van der Waals surface area contributed by atoms with Gasteiger partial charge in [0.1, 0.15) is 10.7 Å². The van der Waals surface area contributed by atoms with E-state index in [0.29, 0.717) is 4.99 Å². The molecule has 3 rings (SSSR count). The molecule has 0 aliphatic carbocycles. The monoisotopic (exact) mass is 256 g/mol. The lowest BCUT2D eigenvalue weighted by Gasteiger charge is -2.12. The number of nitrogens with two attached hydrogens (primary N) is 1. The molecule has 0 aromatic heterocycles.